The van der Waals surface area contributed by atoms with Crippen LogP contribution in [-0.2, 0) is 23.1 Å². The maximum absolute atomic E-state index is 13.8. The van der Waals surface area contributed by atoms with Crippen molar-refractivity contribution >= 4 is 21.4 Å². The summed E-state index contributed by atoms with van der Waals surface area (Å²) in [6, 6.07) is 7.64. The zero-order valence-corrected chi connectivity index (χ0v) is 12.5. The van der Waals surface area contributed by atoms with Crippen LogP contribution in [0.5, 0.6) is 0 Å². The summed E-state index contributed by atoms with van der Waals surface area (Å²) in [4.78, 5) is 1.62. The van der Waals surface area contributed by atoms with E-state index in [0.717, 1.165) is 15.8 Å². The molecule has 0 amide bonds. The number of aryl methyl sites for hydroxylation is 1. The summed E-state index contributed by atoms with van der Waals surface area (Å²) < 4.78 is 40.3. The molecule has 108 valence electrons. The van der Waals surface area contributed by atoms with Gasteiger partial charge in [-0.3, -0.25) is 0 Å². The lowest BCUT2D eigenvalue weighted by Crippen LogP contribution is -2.24. The van der Waals surface area contributed by atoms with Gasteiger partial charge < -0.3 is 5.73 Å². The van der Waals surface area contributed by atoms with Crippen molar-refractivity contribution in [3.63, 3.8) is 0 Å². The Morgan fingerprint density at radius 2 is 2.05 bits per heavy atom. The largest absolute Gasteiger partial charge is 0.326 e. The summed E-state index contributed by atoms with van der Waals surface area (Å²) in [6.45, 7) is 2.26. The minimum absolute atomic E-state index is 0.152. The molecule has 0 spiro atoms. The van der Waals surface area contributed by atoms with Gasteiger partial charge in [0, 0.05) is 22.8 Å². The molecule has 1 heterocycles. The molecule has 7 heteroatoms. The molecule has 1 aromatic carbocycles. The van der Waals surface area contributed by atoms with Crippen molar-refractivity contribution in [3.05, 3.63) is 51.5 Å². The van der Waals surface area contributed by atoms with Gasteiger partial charge in [-0.25, -0.2) is 17.5 Å². The van der Waals surface area contributed by atoms with Crippen LogP contribution in [0.4, 0.5) is 4.39 Å². The molecule has 3 N–H and O–H groups in total. The summed E-state index contributed by atoms with van der Waals surface area (Å²) in [5.74, 6) is -0.789. The lowest BCUT2D eigenvalue weighted by atomic mass is 10.2. The minimum atomic E-state index is -3.86. The molecule has 20 heavy (non-hydrogen) atoms. The van der Waals surface area contributed by atoms with E-state index in [1.54, 1.807) is 0 Å². The van der Waals surface area contributed by atoms with Crippen molar-refractivity contribution in [1.82, 2.24) is 4.72 Å². The van der Waals surface area contributed by atoms with E-state index in [0.29, 0.717) is 5.56 Å². The number of rotatable bonds is 5. The predicted octanol–water partition coefficient (Wildman–Crippen LogP) is 2.13. The van der Waals surface area contributed by atoms with E-state index in [9.17, 15) is 12.8 Å². The maximum Gasteiger partial charge on any atom is 0.243 e. The quantitative estimate of drug-likeness (QED) is 0.888. The van der Waals surface area contributed by atoms with Crippen molar-refractivity contribution in [2.24, 2.45) is 5.73 Å². The second kappa shape index (κ2) is 6.01. The van der Waals surface area contributed by atoms with Crippen molar-refractivity contribution in [3.8, 4) is 0 Å². The number of benzene rings is 1. The molecule has 0 aliphatic rings. The molecule has 0 saturated heterocycles. The van der Waals surface area contributed by atoms with Gasteiger partial charge in [0.05, 0.1) is 0 Å². The third-order valence-corrected chi connectivity index (χ3v) is 5.19. The molecular weight excluding hydrogens is 299 g/mol. The first-order chi connectivity index (χ1) is 9.42. The van der Waals surface area contributed by atoms with E-state index in [4.69, 9.17) is 5.73 Å². The lowest BCUT2D eigenvalue weighted by molar-refractivity contribution is 0.556. The molecule has 2 aromatic rings. The number of thiophene rings is 1. The summed E-state index contributed by atoms with van der Waals surface area (Å²) >= 11 is 1.50. The molecule has 0 fully saturated rings. The fraction of sp³-hybridized carbons (Fsp3) is 0.231. The number of halogens is 1. The van der Waals surface area contributed by atoms with Crippen molar-refractivity contribution in [1.29, 1.82) is 0 Å². The first-order valence-electron chi connectivity index (χ1n) is 5.96. The lowest BCUT2D eigenvalue weighted by Gasteiger charge is -2.08. The molecule has 0 saturated carbocycles. The third-order valence-electron chi connectivity index (χ3n) is 2.75. The molecule has 4 nitrogen and oxygen atoms in total. The molecule has 0 unspecified atom stereocenters. The summed E-state index contributed by atoms with van der Waals surface area (Å²) in [6.07, 6.45) is 0. The highest BCUT2D eigenvalue weighted by Crippen LogP contribution is 2.18. The van der Waals surface area contributed by atoms with Gasteiger partial charge in [0.1, 0.15) is 10.7 Å². The van der Waals surface area contributed by atoms with Crippen LogP contribution in [0.3, 0.4) is 0 Å². The van der Waals surface area contributed by atoms with Crippen LogP contribution >= 0.6 is 11.3 Å². The van der Waals surface area contributed by atoms with Gasteiger partial charge in [0.2, 0.25) is 10.0 Å². The molecule has 0 atom stereocenters. The highest BCUT2D eigenvalue weighted by Gasteiger charge is 2.19. The normalized spacial score (nSPS) is 11.8. The zero-order valence-electron chi connectivity index (χ0n) is 10.9. The van der Waals surface area contributed by atoms with E-state index < -0.39 is 15.8 Å². The molecular formula is C13H15FN2O2S2. The van der Waals surface area contributed by atoms with Crippen LogP contribution in [0, 0.1) is 12.7 Å². The van der Waals surface area contributed by atoms with Crippen LogP contribution in [0.2, 0.25) is 0 Å². The number of sulfonamides is 1. The van der Waals surface area contributed by atoms with Crippen LogP contribution in [0.1, 0.15) is 15.3 Å². The van der Waals surface area contributed by atoms with Gasteiger partial charge in [-0.15, -0.1) is 11.3 Å². The first kappa shape index (κ1) is 15.1. The monoisotopic (exact) mass is 314 g/mol. The van der Waals surface area contributed by atoms with Gasteiger partial charge in [-0.2, -0.15) is 0 Å². The van der Waals surface area contributed by atoms with Crippen molar-refractivity contribution in [2.75, 3.05) is 0 Å². The van der Waals surface area contributed by atoms with Crippen LogP contribution in [0.15, 0.2) is 35.2 Å². The Balaban J connectivity index is 2.18. The summed E-state index contributed by atoms with van der Waals surface area (Å²) in [5.41, 5.74) is 5.94. The fourth-order valence-corrected chi connectivity index (χ4v) is 3.70. The molecule has 0 aliphatic carbocycles. The molecule has 1 aromatic heterocycles. The highest BCUT2D eigenvalue weighted by molar-refractivity contribution is 7.89. The zero-order chi connectivity index (χ0) is 14.8. The van der Waals surface area contributed by atoms with E-state index in [1.807, 2.05) is 19.1 Å². The molecule has 0 bridgehead atoms. The first-order valence-corrected chi connectivity index (χ1v) is 8.26. The van der Waals surface area contributed by atoms with Gasteiger partial charge >= 0.3 is 0 Å². The van der Waals surface area contributed by atoms with Gasteiger partial charge in [-0.1, -0.05) is 6.07 Å². The minimum Gasteiger partial charge on any atom is -0.326 e. The standard InChI is InChI=1S/C13H15FN2O2S2/c1-9-2-4-11(19-9)8-16-20(17,18)13-5-3-10(7-15)6-12(13)14/h2-6,16H,7-8,15H2,1H3. The predicted molar refractivity (Wildman–Crippen MR) is 77.4 cm³/mol. The van der Waals surface area contributed by atoms with E-state index >= 15 is 0 Å². The second-order valence-electron chi connectivity index (χ2n) is 4.31. The van der Waals surface area contributed by atoms with E-state index in [2.05, 4.69) is 4.72 Å². The fourth-order valence-electron chi connectivity index (χ4n) is 1.71. The average Bonchev–Trinajstić information content (AvgIpc) is 2.82. The number of hydrogen-bond donors (Lipinski definition) is 2. The van der Waals surface area contributed by atoms with E-state index in [-0.39, 0.29) is 18.0 Å². The molecule has 0 radical (unpaired) electrons. The van der Waals surface area contributed by atoms with Crippen molar-refractivity contribution < 1.29 is 12.8 Å². The molecule has 0 aliphatic heterocycles. The molecule has 2 rings (SSSR count). The Morgan fingerprint density at radius 1 is 1.30 bits per heavy atom. The van der Waals surface area contributed by atoms with Crippen LogP contribution in [0.25, 0.3) is 0 Å². The Labute approximate surface area is 121 Å². The Morgan fingerprint density at radius 3 is 2.60 bits per heavy atom. The van der Waals surface area contributed by atoms with Crippen LogP contribution < -0.4 is 10.5 Å². The Bertz CT molecular complexity index is 711. The third kappa shape index (κ3) is 3.43. The van der Waals surface area contributed by atoms with Gasteiger partial charge in [0.15, 0.2) is 0 Å². The maximum atomic E-state index is 13.8. The highest BCUT2D eigenvalue weighted by atomic mass is 32.2. The van der Waals surface area contributed by atoms with Crippen molar-refractivity contribution in [2.45, 2.75) is 24.9 Å². The number of nitrogens with one attached hydrogen (secondary N) is 1. The summed E-state index contributed by atoms with van der Waals surface area (Å²) in [7, 11) is -3.86. The SMILES string of the molecule is Cc1ccc(CNS(=O)(=O)c2ccc(CN)cc2F)s1. The topological polar surface area (TPSA) is 72.2 Å². The Hall–Kier alpha value is -1.28. The van der Waals surface area contributed by atoms with Gasteiger partial charge in [-0.05, 0) is 36.8 Å². The number of nitrogens with two attached hydrogens (primary N) is 1. The van der Waals surface area contributed by atoms with Crippen LogP contribution in [-0.4, -0.2) is 8.42 Å². The average molecular weight is 314 g/mol. The van der Waals surface area contributed by atoms with Gasteiger partial charge in [0.25, 0.3) is 0 Å². The smallest absolute Gasteiger partial charge is 0.243 e. The second-order valence-corrected chi connectivity index (χ2v) is 7.41. The van der Waals surface area contributed by atoms with E-state index in [1.165, 1.54) is 23.5 Å². The summed E-state index contributed by atoms with van der Waals surface area (Å²) in [5, 5.41) is 0. The number of hydrogen-bond acceptors (Lipinski definition) is 4. The Kier molecular flexibility index (Phi) is 4.54.